The van der Waals surface area contributed by atoms with E-state index in [-0.39, 0.29) is 5.91 Å². The third kappa shape index (κ3) is 4.66. The molecule has 6 nitrogen and oxygen atoms in total. The van der Waals surface area contributed by atoms with Crippen molar-refractivity contribution in [2.45, 2.75) is 6.61 Å². The molecule has 0 aliphatic carbocycles. The molecular weight excluding hydrogens is 423 g/mol. The predicted molar refractivity (Wildman–Crippen MR) is 117 cm³/mol. The van der Waals surface area contributed by atoms with E-state index in [2.05, 4.69) is 14.9 Å². The number of rotatable bonds is 5. The van der Waals surface area contributed by atoms with Gasteiger partial charge in [0.2, 0.25) is 5.88 Å². The van der Waals surface area contributed by atoms with Gasteiger partial charge >= 0.3 is 0 Å². The van der Waals surface area contributed by atoms with E-state index in [1.165, 1.54) is 6.33 Å². The number of benzene rings is 2. The Hall–Kier alpha value is -2.83. The number of halogens is 2. The van der Waals surface area contributed by atoms with Crippen molar-refractivity contribution in [3.8, 4) is 5.88 Å². The van der Waals surface area contributed by atoms with Crippen LogP contribution in [-0.4, -0.2) is 47.0 Å². The molecule has 8 heteroatoms. The highest BCUT2D eigenvalue weighted by molar-refractivity contribution is 6.43. The summed E-state index contributed by atoms with van der Waals surface area (Å²) in [6, 6.07) is 17.0. The van der Waals surface area contributed by atoms with Crippen molar-refractivity contribution in [3.05, 3.63) is 82.2 Å². The standard InChI is InChI=1S/C22H20Cl2N4O2/c23-17-7-4-8-19(21(17)24)27-9-11-28(12-10-27)22(29)18-13-20(26-15-25-18)30-14-16-5-2-1-3-6-16/h1-8,13,15H,9-12,14H2. The SMILES string of the molecule is O=C(c1cc(OCc2ccccc2)ncn1)N1CCN(c2cccc(Cl)c2Cl)CC1. The van der Waals surface area contributed by atoms with Gasteiger partial charge in [-0.25, -0.2) is 9.97 Å². The van der Waals surface area contributed by atoms with Gasteiger partial charge in [0, 0.05) is 32.2 Å². The van der Waals surface area contributed by atoms with Crippen LogP contribution in [0.4, 0.5) is 5.69 Å². The van der Waals surface area contributed by atoms with Gasteiger partial charge in [-0.2, -0.15) is 0 Å². The van der Waals surface area contributed by atoms with Crippen LogP contribution in [0.15, 0.2) is 60.9 Å². The molecule has 0 bridgehead atoms. The van der Waals surface area contributed by atoms with Crippen LogP contribution < -0.4 is 9.64 Å². The van der Waals surface area contributed by atoms with Crippen LogP contribution in [0.25, 0.3) is 0 Å². The van der Waals surface area contributed by atoms with Crippen molar-refractivity contribution in [3.63, 3.8) is 0 Å². The molecule has 0 N–H and O–H groups in total. The molecule has 3 aromatic rings. The molecule has 0 unspecified atom stereocenters. The molecule has 1 aliphatic heterocycles. The lowest BCUT2D eigenvalue weighted by Crippen LogP contribution is -2.49. The average Bonchev–Trinajstić information content (AvgIpc) is 2.80. The van der Waals surface area contributed by atoms with Crippen LogP contribution in [-0.2, 0) is 6.61 Å². The largest absolute Gasteiger partial charge is 0.473 e. The molecule has 154 valence electrons. The van der Waals surface area contributed by atoms with Gasteiger partial charge in [-0.3, -0.25) is 4.79 Å². The fourth-order valence-electron chi connectivity index (χ4n) is 3.32. The highest BCUT2D eigenvalue weighted by Gasteiger charge is 2.25. The smallest absolute Gasteiger partial charge is 0.272 e. The lowest BCUT2D eigenvalue weighted by molar-refractivity contribution is 0.0740. The first-order valence-corrected chi connectivity index (χ1v) is 10.3. The highest BCUT2D eigenvalue weighted by atomic mass is 35.5. The van der Waals surface area contributed by atoms with Crippen LogP contribution >= 0.6 is 23.2 Å². The van der Waals surface area contributed by atoms with E-state index in [4.69, 9.17) is 27.9 Å². The molecule has 1 aliphatic rings. The van der Waals surface area contributed by atoms with E-state index in [0.29, 0.717) is 54.4 Å². The van der Waals surface area contributed by atoms with Crippen molar-refractivity contribution in [1.82, 2.24) is 14.9 Å². The van der Waals surface area contributed by atoms with Crippen LogP contribution in [0, 0.1) is 0 Å². The van der Waals surface area contributed by atoms with Crippen molar-refractivity contribution in [1.29, 1.82) is 0 Å². The fourth-order valence-corrected chi connectivity index (χ4v) is 3.73. The van der Waals surface area contributed by atoms with Crippen LogP contribution in [0.2, 0.25) is 10.0 Å². The molecule has 0 saturated carbocycles. The topological polar surface area (TPSA) is 58.6 Å². The van der Waals surface area contributed by atoms with E-state index in [9.17, 15) is 4.79 Å². The maximum Gasteiger partial charge on any atom is 0.272 e. The second-order valence-electron chi connectivity index (χ2n) is 6.87. The Labute approximate surface area is 185 Å². The molecule has 0 radical (unpaired) electrons. The number of aromatic nitrogens is 2. The highest BCUT2D eigenvalue weighted by Crippen LogP contribution is 2.33. The summed E-state index contributed by atoms with van der Waals surface area (Å²) >= 11 is 12.5. The molecule has 1 amide bonds. The average molecular weight is 443 g/mol. The minimum absolute atomic E-state index is 0.140. The molecule has 1 fully saturated rings. The minimum Gasteiger partial charge on any atom is -0.473 e. The van der Waals surface area contributed by atoms with Gasteiger partial charge in [-0.05, 0) is 17.7 Å². The minimum atomic E-state index is -0.140. The first kappa shape index (κ1) is 20.4. The maximum atomic E-state index is 12.9. The molecule has 0 atom stereocenters. The van der Waals surface area contributed by atoms with Crippen molar-refractivity contribution in [2.24, 2.45) is 0 Å². The van der Waals surface area contributed by atoms with E-state index in [1.807, 2.05) is 42.5 Å². The zero-order valence-electron chi connectivity index (χ0n) is 16.2. The summed E-state index contributed by atoms with van der Waals surface area (Å²) in [5, 5.41) is 1.06. The van der Waals surface area contributed by atoms with Gasteiger partial charge in [0.05, 0.1) is 15.7 Å². The number of hydrogen-bond acceptors (Lipinski definition) is 5. The first-order valence-electron chi connectivity index (χ1n) is 9.59. The summed E-state index contributed by atoms with van der Waals surface area (Å²) in [6.07, 6.45) is 1.36. The molecule has 1 aromatic heterocycles. The fraction of sp³-hybridized carbons (Fsp3) is 0.227. The van der Waals surface area contributed by atoms with E-state index >= 15 is 0 Å². The monoisotopic (exact) mass is 442 g/mol. The number of hydrogen-bond donors (Lipinski definition) is 0. The number of carbonyl (C=O) groups excluding carboxylic acids is 1. The Balaban J connectivity index is 1.38. The van der Waals surface area contributed by atoms with Gasteiger partial charge in [0.25, 0.3) is 5.91 Å². The van der Waals surface area contributed by atoms with Gasteiger partial charge in [0.15, 0.2) is 0 Å². The lowest BCUT2D eigenvalue weighted by atomic mass is 10.2. The lowest BCUT2D eigenvalue weighted by Gasteiger charge is -2.36. The Morgan fingerprint density at radius 3 is 2.50 bits per heavy atom. The number of anilines is 1. The van der Waals surface area contributed by atoms with E-state index in [1.54, 1.807) is 17.0 Å². The number of amides is 1. The number of ether oxygens (including phenoxy) is 1. The van der Waals surface area contributed by atoms with Gasteiger partial charge in [-0.1, -0.05) is 59.6 Å². The van der Waals surface area contributed by atoms with Crippen molar-refractivity contribution in [2.75, 3.05) is 31.1 Å². The predicted octanol–water partition coefficient (Wildman–Crippen LogP) is 4.32. The molecule has 0 spiro atoms. The van der Waals surface area contributed by atoms with E-state index in [0.717, 1.165) is 11.3 Å². The van der Waals surface area contributed by atoms with Crippen LogP contribution in [0.3, 0.4) is 0 Å². The second kappa shape index (κ2) is 9.32. The normalized spacial score (nSPS) is 13.9. The summed E-state index contributed by atoms with van der Waals surface area (Å²) in [7, 11) is 0. The van der Waals surface area contributed by atoms with Crippen molar-refractivity contribution >= 4 is 34.8 Å². The van der Waals surface area contributed by atoms with Crippen molar-refractivity contribution < 1.29 is 9.53 Å². The Morgan fingerprint density at radius 1 is 0.967 bits per heavy atom. The molecule has 30 heavy (non-hydrogen) atoms. The van der Waals surface area contributed by atoms with Crippen LogP contribution in [0.5, 0.6) is 5.88 Å². The van der Waals surface area contributed by atoms with Crippen LogP contribution in [0.1, 0.15) is 16.1 Å². The quantitative estimate of drug-likeness (QED) is 0.588. The third-order valence-corrected chi connectivity index (χ3v) is 5.74. The summed E-state index contributed by atoms with van der Waals surface area (Å²) < 4.78 is 5.71. The maximum absolute atomic E-state index is 12.9. The van der Waals surface area contributed by atoms with Gasteiger partial charge in [-0.15, -0.1) is 0 Å². The zero-order chi connectivity index (χ0) is 20.9. The summed E-state index contributed by atoms with van der Waals surface area (Å²) in [5.41, 5.74) is 2.23. The molecular formula is C22H20Cl2N4O2. The Bertz CT molecular complexity index is 1020. The van der Waals surface area contributed by atoms with Gasteiger partial charge in [0.1, 0.15) is 18.6 Å². The summed E-state index contributed by atoms with van der Waals surface area (Å²) in [4.78, 5) is 25.1. The summed E-state index contributed by atoms with van der Waals surface area (Å²) in [6.45, 7) is 2.82. The zero-order valence-corrected chi connectivity index (χ0v) is 17.7. The molecule has 1 saturated heterocycles. The summed E-state index contributed by atoms with van der Waals surface area (Å²) in [5.74, 6) is 0.236. The molecule has 4 rings (SSSR count). The number of piperazine rings is 1. The first-order chi connectivity index (χ1) is 14.6. The Morgan fingerprint density at radius 2 is 1.73 bits per heavy atom. The Kier molecular flexibility index (Phi) is 6.35. The number of nitrogens with zero attached hydrogens (tertiary/aromatic N) is 4. The van der Waals surface area contributed by atoms with Gasteiger partial charge < -0.3 is 14.5 Å². The third-order valence-electron chi connectivity index (χ3n) is 4.93. The number of carbonyl (C=O) groups is 1. The molecule has 2 aromatic carbocycles. The second-order valence-corrected chi connectivity index (χ2v) is 7.65. The molecule has 2 heterocycles. The van der Waals surface area contributed by atoms with E-state index < -0.39 is 0 Å².